The summed E-state index contributed by atoms with van der Waals surface area (Å²) in [6, 6.07) is 4.30. The van der Waals surface area contributed by atoms with Crippen molar-refractivity contribution in [2.75, 3.05) is 5.43 Å². The predicted octanol–water partition coefficient (Wildman–Crippen LogP) is 1.62. The smallest absolute Gasteiger partial charge is 0.271 e. The minimum Gasteiger partial charge on any atom is -0.324 e. The topological polar surface area (TPSA) is 81.2 Å². The molecule has 0 saturated carbocycles. The molecule has 0 aromatic heterocycles. The summed E-state index contributed by atoms with van der Waals surface area (Å²) in [5, 5.41) is 10.4. The number of hydrogen-bond donors (Lipinski definition) is 2. The molecule has 0 bridgehead atoms. The number of anilines is 1. The molecule has 13 heavy (non-hydrogen) atoms. The molecule has 3 N–H and O–H groups in total. The highest BCUT2D eigenvalue weighted by atomic mass is 35.5. The Hall–Kier alpha value is -1.33. The fourth-order valence-electron chi connectivity index (χ4n) is 0.929. The van der Waals surface area contributed by atoms with Crippen LogP contribution in [0.4, 0.5) is 11.4 Å². The number of halogens is 1. The number of non-ortho nitro benzene ring substituents is 1. The molecular formula is C7H8ClN3O2. The van der Waals surface area contributed by atoms with Crippen LogP contribution in [0.2, 0.25) is 0 Å². The van der Waals surface area contributed by atoms with Gasteiger partial charge >= 0.3 is 0 Å². The van der Waals surface area contributed by atoms with Gasteiger partial charge in [0.25, 0.3) is 5.69 Å². The van der Waals surface area contributed by atoms with Crippen LogP contribution < -0.4 is 11.3 Å². The van der Waals surface area contributed by atoms with E-state index in [1.54, 1.807) is 6.07 Å². The lowest BCUT2D eigenvalue weighted by atomic mass is 10.2. The minimum absolute atomic E-state index is 0.0122. The summed E-state index contributed by atoms with van der Waals surface area (Å²) < 4.78 is 0. The van der Waals surface area contributed by atoms with E-state index in [4.69, 9.17) is 17.4 Å². The average Bonchev–Trinajstić information content (AvgIpc) is 2.16. The number of alkyl halides is 1. The molecule has 0 saturated heterocycles. The molecule has 0 aliphatic carbocycles. The third-order valence-corrected chi connectivity index (χ3v) is 1.89. The summed E-state index contributed by atoms with van der Waals surface area (Å²) in [5.74, 6) is 5.43. The number of benzene rings is 1. The standard InChI is InChI=1S/C7H8ClN3O2/c8-4-5-1-2-6(11(12)13)3-7(5)10-9/h1-3,10H,4,9H2. The van der Waals surface area contributed by atoms with Crippen LogP contribution in [0.15, 0.2) is 18.2 Å². The van der Waals surface area contributed by atoms with E-state index in [1.807, 2.05) is 0 Å². The third-order valence-electron chi connectivity index (χ3n) is 1.60. The van der Waals surface area contributed by atoms with Crippen molar-refractivity contribution in [2.24, 2.45) is 5.84 Å². The molecule has 6 heteroatoms. The normalized spacial score (nSPS) is 9.69. The van der Waals surface area contributed by atoms with Gasteiger partial charge in [0.2, 0.25) is 0 Å². The van der Waals surface area contributed by atoms with Gasteiger partial charge in [0.15, 0.2) is 0 Å². The molecule has 1 aromatic rings. The van der Waals surface area contributed by atoms with Gasteiger partial charge in [0.1, 0.15) is 0 Å². The Kier molecular flexibility index (Phi) is 3.05. The molecular weight excluding hydrogens is 194 g/mol. The lowest BCUT2D eigenvalue weighted by Crippen LogP contribution is -2.09. The average molecular weight is 202 g/mol. The monoisotopic (exact) mass is 201 g/mol. The molecule has 0 fully saturated rings. The lowest BCUT2D eigenvalue weighted by Gasteiger charge is -2.04. The Morgan fingerprint density at radius 2 is 2.31 bits per heavy atom. The van der Waals surface area contributed by atoms with E-state index < -0.39 is 4.92 Å². The van der Waals surface area contributed by atoms with Gasteiger partial charge in [-0.25, -0.2) is 0 Å². The molecule has 0 spiro atoms. The summed E-state index contributed by atoms with van der Waals surface area (Å²) in [6.45, 7) is 0. The predicted molar refractivity (Wildman–Crippen MR) is 50.5 cm³/mol. The highest BCUT2D eigenvalue weighted by molar-refractivity contribution is 6.17. The van der Waals surface area contributed by atoms with Gasteiger partial charge in [-0.2, -0.15) is 0 Å². The Bertz CT molecular complexity index is 330. The Balaban J connectivity index is 3.13. The fraction of sp³-hybridized carbons (Fsp3) is 0.143. The number of nitrogens with two attached hydrogens (primary N) is 1. The summed E-state index contributed by atoms with van der Waals surface area (Å²) >= 11 is 5.58. The lowest BCUT2D eigenvalue weighted by molar-refractivity contribution is -0.384. The van der Waals surface area contributed by atoms with E-state index in [9.17, 15) is 10.1 Å². The van der Waals surface area contributed by atoms with Crippen molar-refractivity contribution in [3.8, 4) is 0 Å². The number of nitrogens with one attached hydrogen (secondary N) is 1. The number of nitrogens with zero attached hydrogens (tertiary/aromatic N) is 1. The van der Waals surface area contributed by atoms with E-state index in [-0.39, 0.29) is 11.6 Å². The van der Waals surface area contributed by atoms with E-state index in [0.29, 0.717) is 5.69 Å². The maximum Gasteiger partial charge on any atom is 0.271 e. The van der Waals surface area contributed by atoms with E-state index in [2.05, 4.69) is 5.43 Å². The zero-order valence-electron chi connectivity index (χ0n) is 6.66. The highest BCUT2D eigenvalue weighted by Crippen LogP contribution is 2.22. The second-order valence-corrected chi connectivity index (χ2v) is 2.64. The molecule has 1 rings (SSSR count). The van der Waals surface area contributed by atoms with Crippen molar-refractivity contribution in [3.05, 3.63) is 33.9 Å². The number of hydrazine groups is 1. The summed E-state index contributed by atoms with van der Waals surface area (Å²) in [7, 11) is 0. The van der Waals surface area contributed by atoms with Crippen LogP contribution in [0, 0.1) is 10.1 Å². The SMILES string of the molecule is NNc1cc([N+](=O)[O-])ccc1CCl. The first kappa shape index (κ1) is 9.76. The zero-order valence-corrected chi connectivity index (χ0v) is 7.41. The van der Waals surface area contributed by atoms with E-state index in [1.165, 1.54) is 12.1 Å². The minimum atomic E-state index is -0.487. The Morgan fingerprint density at radius 3 is 2.77 bits per heavy atom. The van der Waals surface area contributed by atoms with E-state index >= 15 is 0 Å². The number of nitro groups is 1. The molecule has 0 aliphatic rings. The first-order chi connectivity index (χ1) is 6.19. The van der Waals surface area contributed by atoms with Crippen LogP contribution >= 0.6 is 11.6 Å². The van der Waals surface area contributed by atoms with Gasteiger partial charge in [-0.1, -0.05) is 0 Å². The van der Waals surface area contributed by atoms with Crippen LogP contribution in [0.25, 0.3) is 0 Å². The Labute approximate surface area is 79.6 Å². The zero-order chi connectivity index (χ0) is 9.84. The summed E-state index contributed by atoms with van der Waals surface area (Å²) in [5.41, 5.74) is 3.55. The second-order valence-electron chi connectivity index (χ2n) is 2.38. The van der Waals surface area contributed by atoms with Crippen molar-refractivity contribution in [3.63, 3.8) is 0 Å². The third kappa shape index (κ3) is 2.07. The number of rotatable bonds is 3. The van der Waals surface area contributed by atoms with Gasteiger partial charge in [-0.15, -0.1) is 11.6 Å². The maximum absolute atomic E-state index is 10.4. The molecule has 0 aliphatic heterocycles. The molecule has 0 unspecified atom stereocenters. The molecule has 1 aromatic carbocycles. The van der Waals surface area contributed by atoms with Crippen LogP contribution in [0.5, 0.6) is 0 Å². The van der Waals surface area contributed by atoms with Crippen molar-refractivity contribution < 1.29 is 4.92 Å². The number of nitro benzene ring substituents is 1. The number of hydrogen-bond acceptors (Lipinski definition) is 4. The molecule has 0 amide bonds. The van der Waals surface area contributed by atoms with Gasteiger partial charge < -0.3 is 5.43 Å². The van der Waals surface area contributed by atoms with Crippen molar-refractivity contribution in [1.82, 2.24) is 0 Å². The summed E-state index contributed by atoms with van der Waals surface area (Å²) in [6.07, 6.45) is 0. The fourth-order valence-corrected chi connectivity index (χ4v) is 1.16. The van der Waals surface area contributed by atoms with Crippen LogP contribution in [-0.4, -0.2) is 4.92 Å². The van der Waals surface area contributed by atoms with Crippen LogP contribution in [0.1, 0.15) is 5.56 Å². The maximum atomic E-state index is 10.4. The van der Waals surface area contributed by atoms with Crippen LogP contribution in [0.3, 0.4) is 0 Å². The number of nitrogen functional groups attached to an aromatic ring is 1. The molecule has 0 heterocycles. The van der Waals surface area contributed by atoms with Gasteiger partial charge in [-0.3, -0.25) is 16.0 Å². The summed E-state index contributed by atoms with van der Waals surface area (Å²) in [4.78, 5) is 9.89. The van der Waals surface area contributed by atoms with E-state index in [0.717, 1.165) is 5.56 Å². The van der Waals surface area contributed by atoms with Gasteiger partial charge in [0, 0.05) is 18.0 Å². The molecule has 70 valence electrons. The Morgan fingerprint density at radius 1 is 1.62 bits per heavy atom. The second kappa shape index (κ2) is 4.06. The van der Waals surface area contributed by atoms with Crippen LogP contribution in [-0.2, 0) is 5.88 Å². The molecule has 0 radical (unpaired) electrons. The molecule has 5 nitrogen and oxygen atoms in total. The largest absolute Gasteiger partial charge is 0.324 e. The van der Waals surface area contributed by atoms with Crippen molar-refractivity contribution >= 4 is 23.0 Å². The quantitative estimate of drug-likeness (QED) is 0.337. The van der Waals surface area contributed by atoms with Gasteiger partial charge in [-0.05, 0) is 11.6 Å². The van der Waals surface area contributed by atoms with Gasteiger partial charge in [0.05, 0.1) is 10.6 Å². The van der Waals surface area contributed by atoms with Crippen molar-refractivity contribution in [1.29, 1.82) is 0 Å². The first-order valence-corrected chi connectivity index (χ1v) is 4.02. The first-order valence-electron chi connectivity index (χ1n) is 3.49. The highest BCUT2D eigenvalue weighted by Gasteiger charge is 2.08. The molecule has 0 atom stereocenters. The van der Waals surface area contributed by atoms with Crippen molar-refractivity contribution in [2.45, 2.75) is 5.88 Å².